The molecule has 2 heterocycles. The third-order valence-corrected chi connectivity index (χ3v) is 5.92. The number of ketones is 1. The maximum Gasteiger partial charge on any atom is 0.229 e. The first kappa shape index (κ1) is 25.5. The maximum absolute atomic E-state index is 14.8. The van der Waals surface area contributed by atoms with Gasteiger partial charge in [0.1, 0.15) is 10.7 Å². The first-order valence-corrected chi connectivity index (χ1v) is 11.6. The summed E-state index contributed by atoms with van der Waals surface area (Å²) >= 11 is 6.23. The minimum absolute atomic E-state index is 0.0664. The molecule has 2 aromatic carbocycles. The number of hydrogen-bond acceptors (Lipinski definition) is 8. The molecule has 0 unspecified atom stereocenters. The normalized spacial score (nSPS) is 13.9. The van der Waals surface area contributed by atoms with Crippen LogP contribution in [0.25, 0.3) is 0 Å². The van der Waals surface area contributed by atoms with Crippen LogP contribution in [0.2, 0.25) is 5.02 Å². The summed E-state index contributed by atoms with van der Waals surface area (Å²) in [6.07, 6.45) is 2.94. The molecule has 0 atom stereocenters. The summed E-state index contributed by atoms with van der Waals surface area (Å²) in [6.45, 7) is 5.07. The first-order valence-electron chi connectivity index (χ1n) is 11.3. The Morgan fingerprint density at radius 2 is 1.83 bits per heavy atom. The lowest BCUT2D eigenvalue weighted by atomic mass is 10.1. The molecule has 1 aliphatic rings. The van der Waals surface area contributed by atoms with Gasteiger partial charge in [0, 0.05) is 44.8 Å². The molecule has 36 heavy (non-hydrogen) atoms. The average molecular weight is 515 g/mol. The Kier molecular flexibility index (Phi) is 8.09. The number of hydroxylamine groups is 2. The van der Waals surface area contributed by atoms with Gasteiger partial charge in [-0.1, -0.05) is 42.4 Å². The molecule has 0 saturated carbocycles. The zero-order valence-corrected chi connectivity index (χ0v) is 20.1. The molecule has 1 fully saturated rings. The van der Waals surface area contributed by atoms with Crippen LogP contribution >= 0.6 is 11.6 Å². The summed E-state index contributed by atoms with van der Waals surface area (Å²) in [6, 6.07) is 9.86. The molecule has 3 N–H and O–H groups in total. The molecule has 3 aromatic rings. The minimum atomic E-state index is -0.731. The molecule has 188 valence electrons. The summed E-state index contributed by atoms with van der Waals surface area (Å²) in [4.78, 5) is 21.6. The highest BCUT2D eigenvalue weighted by atomic mass is 35.5. The summed E-state index contributed by atoms with van der Waals surface area (Å²) < 4.78 is 29.6. The van der Waals surface area contributed by atoms with E-state index in [4.69, 9.17) is 11.6 Å². The number of aromatic nitrogens is 2. The molecule has 1 saturated heterocycles. The maximum atomic E-state index is 14.8. The topological polar surface area (TPSA) is 93.6 Å². The first-order chi connectivity index (χ1) is 17.3. The predicted molar refractivity (Wildman–Crippen MR) is 135 cm³/mol. The second-order valence-electron chi connectivity index (χ2n) is 8.27. The number of piperazine rings is 1. The monoisotopic (exact) mass is 514 g/mol. The second-order valence-corrected chi connectivity index (χ2v) is 8.67. The molecular formula is C25H25ClF2N6O2. The van der Waals surface area contributed by atoms with Gasteiger partial charge in [-0.15, -0.1) is 0 Å². The minimum Gasteiger partial charge on any atom is -0.365 e. The van der Waals surface area contributed by atoms with E-state index in [0.29, 0.717) is 38.5 Å². The highest BCUT2D eigenvalue weighted by molar-refractivity contribution is 6.32. The lowest BCUT2D eigenvalue weighted by molar-refractivity contribution is -0.114. The van der Waals surface area contributed by atoms with E-state index in [1.807, 2.05) is 24.3 Å². The zero-order chi connectivity index (χ0) is 25.7. The fourth-order valence-electron chi connectivity index (χ4n) is 3.85. The van der Waals surface area contributed by atoms with Crippen molar-refractivity contribution >= 4 is 40.5 Å². The van der Waals surface area contributed by atoms with Crippen molar-refractivity contribution in [2.24, 2.45) is 0 Å². The van der Waals surface area contributed by atoms with Crippen LogP contribution in [-0.4, -0.2) is 52.2 Å². The number of rotatable bonds is 9. The summed E-state index contributed by atoms with van der Waals surface area (Å²) in [5.41, 5.74) is 1.78. The molecule has 1 aliphatic heterocycles. The van der Waals surface area contributed by atoms with Crippen molar-refractivity contribution in [1.82, 2.24) is 15.0 Å². The van der Waals surface area contributed by atoms with Crippen LogP contribution in [0, 0.1) is 11.6 Å². The van der Waals surface area contributed by atoms with E-state index < -0.39 is 11.6 Å². The lowest BCUT2D eigenvalue weighted by Gasteiger charge is -2.33. The number of carbonyl (C=O) groups excluding carboxylic acids is 1. The quantitative estimate of drug-likeness (QED) is 0.357. The third-order valence-electron chi connectivity index (χ3n) is 5.65. The number of nitrogens with zero attached hydrogens (tertiary/aromatic N) is 4. The van der Waals surface area contributed by atoms with Crippen LogP contribution in [0.4, 0.5) is 31.9 Å². The summed E-state index contributed by atoms with van der Waals surface area (Å²) in [5.74, 6) is -1.09. The lowest BCUT2D eigenvalue weighted by Crippen LogP contribution is -2.45. The van der Waals surface area contributed by atoms with Gasteiger partial charge in [-0.05, 0) is 29.3 Å². The Labute approximate surface area is 212 Å². The smallest absolute Gasteiger partial charge is 0.229 e. The van der Waals surface area contributed by atoms with Gasteiger partial charge in [0.15, 0.2) is 23.2 Å². The van der Waals surface area contributed by atoms with E-state index in [9.17, 15) is 18.8 Å². The standard InChI is InChI=1S/C25H25ClF2N6O2/c1-2-19(35)11-16-4-3-5-17(10-16)14-29-24-20(26)15-30-25(32-24)31-18-12-21(27)23(22(28)13-18)33-6-8-34(36)9-7-33/h2-5,10,12-13,15,36H,1,6-9,11,14H2,(H2,29,30,31,32). The van der Waals surface area contributed by atoms with Gasteiger partial charge in [-0.25, -0.2) is 13.8 Å². The zero-order valence-electron chi connectivity index (χ0n) is 19.3. The van der Waals surface area contributed by atoms with Crippen molar-refractivity contribution in [3.8, 4) is 0 Å². The van der Waals surface area contributed by atoms with E-state index in [0.717, 1.165) is 16.2 Å². The van der Waals surface area contributed by atoms with E-state index in [-0.39, 0.29) is 34.5 Å². The van der Waals surface area contributed by atoms with Crippen LogP contribution < -0.4 is 15.5 Å². The van der Waals surface area contributed by atoms with Gasteiger partial charge in [-0.3, -0.25) is 4.79 Å². The van der Waals surface area contributed by atoms with Crippen molar-refractivity contribution < 1.29 is 18.8 Å². The Balaban J connectivity index is 1.45. The molecule has 0 spiro atoms. The van der Waals surface area contributed by atoms with Crippen molar-refractivity contribution in [3.05, 3.63) is 83.0 Å². The van der Waals surface area contributed by atoms with Crippen LogP contribution in [-0.2, 0) is 17.8 Å². The number of anilines is 4. The van der Waals surface area contributed by atoms with E-state index in [1.54, 1.807) is 4.90 Å². The number of hydrogen-bond donors (Lipinski definition) is 3. The predicted octanol–water partition coefficient (Wildman–Crippen LogP) is 4.57. The molecule has 4 rings (SSSR count). The van der Waals surface area contributed by atoms with Gasteiger partial charge < -0.3 is 20.7 Å². The number of benzene rings is 2. The van der Waals surface area contributed by atoms with Crippen molar-refractivity contribution in [1.29, 1.82) is 0 Å². The Morgan fingerprint density at radius 1 is 1.14 bits per heavy atom. The van der Waals surface area contributed by atoms with Gasteiger partial charge in [0.25, 0.3) is 0 Å². The fraction of sp³-hybridized carbons (Fsp3) is 0.240. The SMILES string of the molecule is C=CC(=O)Cc1cccc(CNc2nc(Nc3cc(F)c(N4CCN(O)CC4)c(F)c3)ncc2Cl)c1. The molecule has 0 radical (unpaired) electrons. The Hall–Kier alpha value is -3.60. The Morgan fingerprint density at radius 3 is 2.53 bits per heavy atom. The number of allylic oxidation sites excluding steroid dienone is 1. The van der Waals surface area contributed by atoms with Gasteiger partial charge >= 0.3 is 0 Å². The van der Waals surface area contributed by atoms with Crippen molar-refractivity contribution in [3.63, 3.8) is 0 Å². The van der Waals surface area contributed by atoms with Crippen molar-refractivity contribution in [2.45, 2.75) is 13.0 Å². The number of halogens is 3. The molecule has 8 nitrogen and oxygen atoms in total. The summed E-state index contributed by atoms with van der Waals surface area (Å²) in [5, 5.41) is 16.8. The van der Waals surface area contributed by atoms with Crippen molar-refractivity contribution in [2.75, 3.05) is 41.7 Å². The number of nitrogens with one attached hydrogen (secondary N) is 2. The third kappa shape index (κ3) is 6.34. The highest BCUT2D eigenvalue weighted by Crippen LogP contribution is 2.29. The van der Waals surface area contributed by atoms with E-state index in [2.05, 4.69) is 27.2 Å². The molecule has 0 aliphatic carbocycles. The fourth-order valence-corrected chi connectivity index (χ4v) is 4.01. The van der Waals surface area contributed by atoms with Gasteiger partial charge in [-0.2, -0.15) is 10.0 Å². The van der Waals surface area contributed by atoms with E-state index in [1.165, 1.54) is 24.4 Å². The molecule has 0 bridgehead atoms. The van der Waals surface area contributed by atoms with Crippen LogP contribution in [0.3, 0.4) is 0 Å². The van der Waals surface area contributed by atoms with Crippen LogP contribution in [0.1, 0.15) is 11.1 Å². The second kappa shape index (κ2) is 11.4. The molecular weight excluding hydrogens is 490 g/mol. The molecule has 0 amide bonds. The Bertz CT molecular complexity index is 1240. The van der Waals surface area contributed by atoms with Gasteiger partial charge in [0.2, 0.25) is 5.95 Å². The highest BCUT2D eigenvalue weighted by Gasteiger charge is 2.22. The van der Waals surface area contributed by atoms with Crippen LogP contribution in [0.15, 0.2) is 55.3 Å². The largest absolute Gasteiger partial charge is 0.365 e. The number of carbonyl (C=O) groups is 1. The average Bonchev–Trinajstić information content (AvgIpc) is 2.85. The summed E-state index contributed by atoms with van der Waals surface area (Å²) in [7, 11) is 0. The molecule has 11 heteroatoms. The van der Waals surface area contributed by atoms with E-state index >= 15 is 0 Å². The van der Waals surface area contributed by atoms with Crippen LogP contribution in [0.5, 0.6) is 0 Å². The molecule has 1 aromatic heterocycles. The van der Waals surface area contributed by atoms with Gasteiger partial charge in [0.05, 0.1) is 6.20 Å².